The summed E-state index contributed by atoms with van der Waals surface area (Å²) in [6, 6.07) is 0. The zero-order valence-corrected chi connectivity index (χ0v) is 8.89. The molecule has 0 aromatic carbocycles. The zero-order chi connectivity index (χ0) is 12.9. The number of alkyl halides is 6. The minimum atomic E-state index is -4.78. The van der Waals surface area contributed by atoms with E-state index < -0.39 is 40.9 Å². The fraction of sp³-hybridized carbons (Fsp3) is 0.833. The molecular weight excluding hydrogens is 258 g/mol. The van der Waals surface area contributed by atoms with E-state index >= 15 is 0 Å². The molecule has 0 N–H and O–H groups in total. The summed E-state index contributed by atoms with van der Waals surface area (Å²) in [6.45, 7) is 0. The monoisotopic (exact) mass is 266 g/mol. The van der Waals surface area contributed by atoms with Crippen molar-refractivity contribution in [3.8, 4) is 0 Å². The molecule has 0 nitrogen and oxygen atoms in total. The third-order valence-corrected chi connectivity index (χ3v) is 6.48. The number of hydrogen-bond acceptors (Lipinski definition) is 0. The third-order valence-electron chi connectivity index (χ3n) is 6.48. The zero-order valence-electron chi connectivity index (χ0n) is 8.89. The van der Waals surface area contributed by atoms with E-state index in [0.717, 1.165) is 6.08 Å². The number of halogens is 6. The summed E-state index contributed by atoms with van der Waals surface area (Å²) >= 11 is 0. The van der Waals surface area contributed by atoms with Gasteiger partial charge in [0.05, 0.1) is 5.41 Å². The summed E-state index contributed by atoms with van der Waals surface area (Å²) in [4.78, 5) is 0. The van der Waals surface area contributed by atoms with Crippen LogP contribution in [0.15, 0.2) is 12.2 Å². The molecule has 0 aliphatic heterocycles. The number of allylic oxidation sites excluding steroid dienone is 2. The third kappa shape index (κ3) is 0.569. The lowest BCUT2D eigenvalue weighted by molar-refractivity contribution is -0.329. The standard InChI is InChI=1S/C12H8F6/c13-11(14,15)9-2-1-3(9)4-5-6(4)8-7(5)10(8,9)12(16,17)18/h1-8H. The molecule has 5 saturated carbocycles. The van der Waals surface area contributed by atoms with Gasteiger partial charge < -0.3 is 0 Å². The largest absolute Gasteiger partial charge is 0.399 e. The first kappa shape index (κ1) is 10.1. The molecule has 6 heteroatoms. The van der Waals surface area contributed by atoms with E-state index in [0.29, 0.717) is 0 Å². The van der Waals surface area contributed by atoms with Crippen LogP contribution in [0.4, 0.5) is 26.3 Å². The summed E-state index contributed by atoms with van der Waals surface area (Å²) in [5.74, 6) is -2.64. The van der Waals surface area contributed by atoms with Crippen LogP contribution in [0.2, 0.25) is 0 Å². The molecule has 6 aliphatic rings. The molecule has 5 fully saturated rings. The van der Waals surface area contributed by atoms with Gasteiger partial charge in [-0.05, 0) is 35.5 Å². The van der Waals surface area contributed by atoms with Crippen LogP contribution < -0.4 is 0 Å². The predicted molar refractivity (Wildman–Crippen MR) is 47.1 cm³/mol. The van der Waals surface area contributed by atoms with Gasteiger partial charge in [0.25, 0.3) is 0 Å². The molecule has 6 rings (SSSR count). The van der Waals surface area contributed by atoms with Crippen LogP contribution in [0.3, 0.4) is 0 Å². The van der Waals surface area contributed by atoms with Crippen molar-refractivity contribution in [3.05, 3.63) is 12.2 Å². The fourth-order valence-electron chi connectivity index (χ4n) is 6.13. The molecule has 0 saturated heterocycles. The highest BCUT2D eigenvalue weighted by atomic mass is 19.4. The van der Waals surface area contributed by atoms with Crippen molar-refractivity contribution >= 4 is 0 Å². The molecule has 6 aliphatic carbocycles. The van der Waals surface area contributed by atoms with Gasteiger partial charge in [-0.15, -0.1) is 0 Å². The van der Waals surface area contributed by atoms with Crippen LogP contribution in [0.1, 0.15) is 0 Å². The minimum absolute atomic E-state index is 0.0675. The van der Waals surface area contributed by atoms with Gasteiger partial charge in [0.15, 0.2) is 0 Å². The molecule has 0 spiro atoms. The molecule has 0 heterocycles. The Balaban J connectivity index is 1.77. The van der Waals surface area contributed by atoms with Gasteiger partial charge >= 0.3 is 12.4 Å². The van der Waals surface area contributed by atoms with Gasteiger partial charge in [0, 0.05) is 0 Å². The van der Waals surface area contributed by atoms with E-state index in [1.807, 2.05) is 0 Å². The van der Waals surface area contributed by atoms with E-state index in [-0.39, 0.29) is 17.8 Å². The van der Waals surface area contributed by atoms with E-state index in [1.165, 1.54) is 6.08 Å². The molecule has 18 heavy (non-hydrogen) atoms. The molecule has 98 valence electrons. The average Bonchev–Trinajstić information content (AvgIpc) is 2.79. The Morgan fingerprint density at radius 3 is 1.67 bits per heavy atom. The Hall–Kier alpha value is -0.680. The summed E-state index contributed by atoms with van der Waals surface area (Å²) in [5.41, 5.74) is -5.07. The van der Waals surface area contributed by atoms with Crippen molar-refractivity contribution < 1.29 is 26.3 Å². The van der Waals surface area contributed by atoms with Crippen molar-refractivity contribution in [2.24, 2.45) is 46.3 Å². The number of hydrogen-bond donors (Lipinski definition) is 0. The summed E-state index contributed by atoms with van der Waals surface area (Å²) in [6.07, 6.45) is -7.35. The molecule has 6 atom stereocenters. The van der Waals surface area contributed by atoms with Crippen LogP contribution in [-0.4, -0.2) is 12.4 Å². The fourth-order valence-corrected chi connectivity index (χ4v) is 6.13. The second-order valence-electron chi connectivity index (χ2n) is 6.40. The maximum Gasteiger partial charge on any atom is 0.399 e. The first-order valence-corrected chi connectivity index (χ1v) is 6.04. The van der Waals surface area contributed by atoms with E-state index in [1.54, 1.807) is 0 Å². The SMILES string of the molecule is FC(F)(F)C12C=CC1C1C3C1C1C3C12C(F)(F)F. The Morgan fingerprint density at radius 2 is 1.33 bits per heavy atom. The highest BCUT2D eigenvalue weighted by molar-refractivity contribution is 5.52. The molecule has 0 aromatic heterocycles. The summed E-state index contributed by atoms with van der Waals surface area (Å²) < 4.78 is 80.1. The molecule has 0 aromatic rings. The first-order chi connectivity index (χ1) is 8.21. The summed E-state index contributed by atoms with van der Waals surface area (Å²) in [7, 11) is 0. The lowest BCUT2D eigenvalue weighted by Crippen LogP contribution is -2.62. The smallest absolute Gasteiger partial charge is 0.170 e. The minimum Gasteiger partial charge on any atom is -0.170 e. The Labute approximate surface area is 98.0 Å². The van der Waals surface area contributed by atoms with Crippen LogP contribution in [0.25, 0.3) is 0 Å². The van der Waals surface area contributed by atoms with Gasteiger partial charge in [-0.2, -0.15) is 26.3 Å². The second kappa shape index (κ2) is 2.04. The van der Waals surface area contributed by atoms with E-state index in [2.05, 4.69) is 0 Å². The highest BCUT2D eigenvalue weighted by Crippen LogP contribution is 3.03. The molecule has 0 radical (unpaired) electrons. The van der Waals surface area contributed by atoms with Crippen molar-refractivity contribution in [1.29, 1.82) is 0 Å². The highest BCUT2D eigenvalue weighted by Gasteiger charge is 3.07. The van der Waals surface area contributed by atoms with Gasteiger partial charge in [-0.3, -0.25) is 0 Å². The second-order valence-corrected chi connectivity index (χ2v) is 6.40. The van der Waals surface area contributed by atoms with Crippen LogP contribution in [0, 0.1) is 46.3 Å². The van der Waals surface area contributed by atoms with Crippen molar-refractivity contribution in [2.75, 3.05) is 0 Å². The number of rotatable bonds is 0. The summed E-state index contributed by atoms with van der Waals surface area (Å²) in [5, 5.41) is 0. The van der Waals surface area contributed by atoms with Crippen LogP contribution in [0.5, 0.6) is 0 Å². The van der Waals surface area contributed by atoms with Crippen LogP contribution >= 0.6 is 0 Å². The average molecular weight is 266 g/mol. The topological polar surface area (TPSA) is 0 Å². The maximum atomic E-state index is 13.4. The molecule has 0 amide bonds. The predicted octanol–water partition coefficient (Wildman–Crippen LogP) is 3.41. The van der Waals surface area contributed by atoms with Gasteiger partial charge in [-0.25, -0.2) is 0 Å². The normalized spacial score (nSPS) is 65.4. The van der Waals surface area contributed by atoms with Gasteiger partial charge in [0.2, 0.25) is 0 Å². The quantitative estimate of drug-likeness (QED) is 0.465. The Bertz CT molecular complexity index is 498. The Kier molecular flexibility index (Phi) is 1.15. The van der Waals surface area contributed by atoms with Crippen LogP contribution in [-0.2, 0) is 0 Å². The van der Waals surface area contributed by atoms with Gasteiger partial charge in [0.1, 0.15) is 5.41 Å². The van der Waals surface area contributed by atoms with Crippen molar-refractivity contribution in [2.45, 2.75) is 12.4 Å². The van der Waals surface area contributed by atoms with E-state index in [4.69, 9.17) is 0 Å². The van der Waals surface area contributed by atoms with Crippen molar-refractivity contribution in [3.63, 3.8) is 0 Å². The Morgan fingerprint density at radius 1 is 0.778 bits per heavy atom. The lowest BCUT2D eigenvalue weighted by atomic mass is 9.50. The maximum absolute atomic E-state index is 13.4. The molecule has 2 bridgehead atoms. The molecule has 6 unspecified atom stereocenters. The van der Waals surface area contributed by atoms with Gasteiger partial charge in [-0.1, -0.05) is 12.2 Å². The lowest BCUT2D eigenvalue weighted by Gasteiger charge is -2.54. The van der Waals surface area contributed by atoms with E-state index in [9.17, 15) is 26.3 Å². The first-order valence-electron chi connectivity index (χ1n) is 6.04. The molecular formula is C12H8F6. The van der Waals surface area contributed by atoms with Crippen molar-refractivity contribution in [1.82, 2.24) is 0 Å².